The third-order valence-corrected chi connectivity index (χ3v) is 11.4. The number of fused-ring (bicyclic) bond motifs is 8. The van der Waals surface area contributed by atoms with Crippen molar-refractivity contribution in [1.82, 2.24) is 23.3 Å². The van der Waals surface area contributed by atoms with Gasteiger partial charge in [0.25, 0.3) is 0 Å². The van der Waals surface area contributed by atoms with Gasteiger partial charge in [0, 0.05) is 61.4 Å². The first-order valence-corrected chi connectivity index (χ1v) is 19.1. The predicted molar refractivity (Wildman–Crippen MR) is 232 cm³/mol. The Kier molecular flexibility index (Phi) is 6.56. The van der Waals surface area contributed by atoms with Crippen LogP contribution in [0.5, 0.6) is 0 Å². The molecule has 8 aromatic carbocycles. The molecule has 4 heterocycles. The monoisotopic (exact) mass is 715 g/mol. The van der Waals surface area contributed by atoms with E-state index in [2.05, 4.69) is 219 Å². The van der Waals surface area contributed by atoms with E-state index in [9.17, 15) is 0 Å². The quantitative estimate of drug-likeness (QED) is 0.175. The summed E-state index contributed by atoms with van der Waals surface area (Å²) in [6, 6.07) is 69.7. The Balaban J connectivity index is 1.13. The van der Waals surface area contributed by atoms with Crippen LogP contribution in [0.25, 0.3) is 99.7 Å². The molecule has 5 heteroatoms. The molecule has 0 saturated carbocycles. The van der Waals surface area contributed by atoms with Crippen LogP contribution in [0.4, 0.5) is 0 Å². The molecule has 0 bridgehead atoms. The minimum absolute atomic E-state index is 0.921. The van der Waals surface area contributed by atoms with Crippen LogP contribution in [0.2, 0.25) is 0 Å². The maximum atomic E-state index is 5.16. The van der Waals surface area contributed by atoms with Crippen molar-refractivity contribution in [3.63, 3.8) is 0 Å². The molecule has 0 amide bonds. The first kappa shape index (κ1) is 30.8. The van der Waals surface area contributed by atoms with E-state index in [1.165, 1.54) is 49.0 Å². The molecule has 0 saturated heterocycles. The molecular formula is C51H33N5. The molecule has 0 fully saturated rings. The summed E-state index contributed by atoms with van der Waals surface area (Å²) in [6.45, 7) is 0. The second kappa shape index (κ2) is 11.9. The topological polar surface area (TPSA) is 32.6 Å². The van der Waals surface area contributed by atoms with Gasteiger partial charge in [0.2, 0.25) is 0 Å². The number of benzene rings is 8. The van der Waals surface area contributed by atoms with Gasteiger partial charge < -0.3 is 13.7 Å². The van der Waals surface area contributed by atoms with Gasteiger partial charge in [-0.2, -0.15) is 0 Å². The summed E-state index contributed by atoms with van der Waals surface area (Å²) >= 11 is 0. The van der Waals surface area contributed by atoms with Crippen LogP contribution < -0.4 is 0 Å². The zero-order valence-corrected chi connectivity index (χ0v) is 30.3. The Hall–Kier alpha value is -7.63. The summed E-state index contributed by atoms with van der Waals surface area (Å²) < 4.78 is 9.41. The number of hydrogen-bond donors (Lipinski definition) is 0. The van der Waals surface area contributed by atoms with Crippen LogP contribution in [0.1, 0.15) is 0 Å². The Morgan fingerprint density at radius 3 is 1.59 bits per heavy atom. The van der Waals surface area contributed by atoms with E-state index in [1.807, 2.05) is 0 Å². The van der Waals surface area contributed by atoms with Crippen LogP contribution in [-0.2, 0) is 0 Å². The molecule has 262 valence electrons. The maximum Gasteiger partial charge on any atom is 0.145 e. The summed E-state index contributed by atoms with van der Waals surface area (Å²) in [7, 11) is 0. The van der Waals surface area contributed by atoms with Crippen molar-refractivity contribution in [3.8, 4) is 34.1 Å². The third kappa shape index (κ3) is 4.52. The molecular weight excluding hydrogens is 683 g/mol. The van der Waals surface area contributed by atoms with Crippen molar-refractivity contribution in [2.24, 2.45) is 0 Å². The summed E-state index contributed by atoms with van der Waals surface area (Å²) in [5.41, 5.74) is 13.5. The molecule has 12 rings (SSSR count). The van der Waals surface area contributed by atoms with Crippen molar-refractivity contribution in [3.05, 3.63) is 200 Å². The Bertz CT molecular complexity index is 3440. The van der Waals surface area contributed by atoms with Crippen molar-refractivity contribution in [1.29, 1.82) is 0 Å². The van der Waals surface area contributed by atoms with Gasteiger partial charge in [0.15, 0.2) is 0 Å². The molecule has 0 spiro atoms. The summed E-state index contributed by atoms with van der Waals surface area (Å²) in [5.74, 6) is 0.921. The lowest BCUT2D eigenvalue weighted by Crippen LogP contribution is -1.98. The highest BCUT2D eigenvalue weighted by Crippen LogP contribution is 2.41. The van der Waals surface area contributed by atoms with E-state index >= 15 is 0 Å². The molecule has 0 aliphatic rings. The normalized spacial score (nSPS) is 11.9. The number of aromatic nitrogens is 5. The van der Waals surface area contributed by atoms with Gasteiger partial charge in [0.1, 0.15) is 5.82 Å². The minimum atomic E-state index is 0.921. The van der Waals surface area contributed by atoms with Gasteiger partial charge in [-0.05, 0) is 109 Å². The number of nitrogens with zero attached hydrogens (tertiary/aromatic N) is 5. The van der Waals surface area contributed by atoms with E-state index in [-0.39, 0.29) is 0 Å². The van der Waals surface area contributed by atoms with Crippen molar-refractivity contribution >= 4 is 65.5 Å². The highest BCUT2D eigenvalue weighted by molar-refractivity contribution is 6.20. The molecule has 4 aromatic heterocycles. The minimum Gasteiger partial charge on any atom is -0.317 e. The van der Waals surface area contributed by atoms with E-state index in [0.717, 1.165) is 50.7 Å². The smallest absolute Gasteiger partial charge is 0.145 e. The van der Waals surface area contributed by atoms with Crippen molar-refractivity contribution in [2.75, 3.05) is 0 Å². The summed E-state index contributed by atoms with van der Waals surface area (Å²) in [5, 5.41) is 6.12. The van der Waals surface area contributed by atoms with Crippen LogP contribution in [0.15, 0.2) is 200 Å². The zero-order valence-electron chi connectivity index (χ0n) is 30.3. The Morgan fingerprint density at radius 1 is 0.321 bits per heavy atom. The standard InChI is InChI=1S/C51H33N5/c1-4-14-36(15-5-1)53-29-28-35-30-48-43(32-47(35)53)42-31-41-40-20-10-12-22-45(40)54(37-16-6-2-7-17-37)49(41)33-50(42)55(48)39-26-24-34(25-27-39)51-52-44-21-11-13-23-46(44)56(51)38-18-8-3-9-19-38/h1-33H. The second-order valence-electron chi connectivity index (χ2n) is 14.5. The Morgan fingerprint density at radius 2 is 0.857 bits per heavy atom. The van der Waals surface area contributed by atoms with Crippen LogP contribution in [0.3, 0.4) is 0 Å². The molecule has 56 heavy (non-hydrogen) atoms. The molecule has 12 aromatic rings. The molecule has 5 nitrogen and oxygen atoms in total. The lowest BCUT2D eigenvalue weighted by atomic mass is 10.1. The summed E-state index contributed by atoms with van der Waals surface area (Å²) in [6.07, 6.45) is 2.19. The van der Waals surface area contributed by atoms with E-state index in [4.69, 9.17) is 4.98 Å². The van der Waals surface area contributed by atoms with E-state index in [0.29, 0.717) is 0 Å². The van der Waals surface area contributed by atoms with Gasteiger partial charge in [-0.15, -0.1) is 0 Å². The van der Waals surface area contributed by atoms with E-state index in [1.54, 1.807) is 0 Å². The van der Waals surface area contributed by atoms with Crippen molar-refractivity contribution in [2.45, 2.75) is 0 Å². The van der Waals surface area contributed by atoms with Gasteiger partial charge in [-0.1, -0.05) is 84.9 Å². The third-order valence-electron chi connectivity index (χ3n) is 11.4. The van der Waals surface area contributed by atoms with Crippen molar-refractivity contribution < 1.29 is 0 Å². The largest absolute Gasteiger partial charge is 0.317 e. The number of imidazole rings is 1. The average molecular weight is 716 g/mol. The van der Waals surface area contributed by atoms with Crippen LogP contribution in [0, 0.1) is 0 Å². The second-order valence-corrected chi connectivity index (χ2v) is 14.5. The molecule has 0 radical (unpaired) electrons. The predicted octanol–water partition coefficient (Wildman–Crippen LogP) is 12.8. The highest BCUT2D eigenvalue weighted by atomic mass is 15.1. The van der Waals surface area contributed by atoms with Crippen LogP contribution >= 0.6 is 0 Å². The fourth-order valence-corrected chi connectivity index (χ4v) is 8.87. The molecule has 0 aliphatic heterocycles. The molecule has 0 unspecified atom stereocenters. The summed E-state index contributed by atoms with van der Waals surface area (Å²) in [4.78, 5) is 5.16. The number of para-hydroxylation sites is 6. The first-order chi connectivity index (χ1) is 27.8. The molecule has 0 atom stereocenters. The number of hydrogen-bond acceptors (Lipinski definition) is 1. The SMILES string of the molecule is c1ccc(-n2ccc3cc4c(cc32)c2cc3c5ccccc5n(-c5ccccc5)c3cc2n4-c2ccc(-c3nc4ccccc4n3-c3ccccc3)cc2)cc1. The number of rotatable bonds is 5. The van der Waals surface area contributed by atoms with Gasteiger partial charge in [0.05, 0.1) is 38.6 Å². The average Bonchev–Trinajstić information content (AvgIpc) is 4.02. The van der Waals surface area contributed by atoms with Crippen LogP contribution in [-0.4, -0.2) is 23.3 Å². The lowest BCUT2D eigenvalue weighted by Gasteiger charge is -2.12. The maximum absolute atomic E-state index is 5.16. The van der Waals surface area contributed by atoms with Gasteiger partial charge in [-0.3, -0.25) is 4.57 Å². The molecule has 0 aliphatic carbocycles. The van der Waals surface area contributed by atoms with E-state index < -0.39 is 0 Å². The highest BCUT2D eigenvalue weighted by Gasteiger charge is 2.21. The van der Waals surface area contributed by atoms with Gasteiger partial charge in [-0.25, -0.2) is 4.98 Å². The fraction of sp³-hybridized carbons (Fsp3) is 0. The molecule has 0 N–H and O–H groups in total. The van der Waals surface area contributed by atoms with Gasteiger partial charge >= 0.3 is 0 Å². The lowest BCUT2D eigenvalue weighted by molar-refractivity contribution is 1.10. The first-order valence-electron chi connectivity index (χ1n) is 19.1. The Labute approximate surface area is 322 Å². The zero-order chi connectivity index (χ0) is 36.7. The fourth-order valence-electron chi connectivity index (χ4n) is 8.87.